The Hall–Kier alpha value is -2.35. The molecule has 0 aromatic heterocycles. The van der Waals surface area contributed by atoms with E-state index in [-0.39, 0.29) is 31.2 Å². The van der Waals surface area contributed by atoms with Crippen LogP contribution in [-0.2, 0) is 23.8 Å². The molecule has 0 radical (unpaired) electrons. The van der Waals surface area contributed by atoms with Gasteiger partial charge in [0.05, 0.1) is 6.04 Å². The summed E-state index contributed by atoms with van der Waals surface area (Å²) in [5.74, 6) is -0.619. The number of allylic oxidation sites excluding steroid dienone is 4. The molecule has 1 fully saturated rings. The largest absolute Gasteiger partial charge is 0.462 e. The summed E-state index contributed by atoms with van der Waals surface area (Å²) >= 11 is 0. The van der Waals surface area contributed by atoms with Crippen LogP contribution in [0.5, 0.6) is 0 Å². The minimum atomic E-state index is -0.837. The van der Waals surface area contributed by atoms with Crippen molar-refractivity contribution in [1.29, 1.82) is 0 Å². The molecule has 1 amide bonds. The molecule has 1 heterocycles. The standard InChI is InChI=1S/C43H78N2O6/c1-4-7-9-11-13-15-17-19-20-22-24-26-28-30-32-34-42(47)50-38-40(51-43(48)44-39-35-45(6-3)36-39)37-49-41(46)33-31-29-27-25-23-21-18-16-14-12-10-8-5-2/h13,15,19-20,39-40H,4-12,14,16-18,21-38H2,1-3H3,(H,44,48)/b15-13-,20-19-. The van der Waals surface area contributed by atoms with Gasteiger partial charge in [-0.15, -0.1) is 0 Å². The highest BCUT2D eigenvalue weighted by Gasteiger charge is 2.28. The Labute approximate surface area is 313 Å². The Kier molecular flexibility index (Phi) is 31.8. The van der Waals surface area contributed by atoms with Crippen LogP contribution in [0.15, 0.2) is 24.3 Å². The number of alkyl carbamates (subject to hydrolysis) is 1. The van der Waals surface area contributed by atoms with Crippen molar-refractivity contribution >= 4 is 18.0 Å². The number of carbonyl (C=O) groups is 3. The topological polar surface area (TPSA) is 94.2 Å². The van der Waals surface area contributed by atoms with Gasteiger partial charge in [-0.25, -0.2) is 4.79 Å². The van der Waals surface area contributed by atoms with Gasteiger partial charge in [-0.05, 0) is 51.5 Å². The summed E-state index contributed by atoms with van der Waals surface area (Å²) in [5.41, 5.74) is 0. The number of carbonyl (C=O) groups excluding carboxylic acids is 3. The average molecular weight is 719 g/mol. The molecule has 0 bridgehead atoms. The van der Waals surface area contributed by atoms with Crippen molar-refractivity contribution in [3.05, 3.63) is 24.3 Å². The normalized spacial score (nSPS) is 14.2. The zero-order chi connectivity index (χ0) is 37.0. The van der Waals surface area contributed by atoms with Gasteiger partial charge < -0.3 is 19.5 Å². The van der Waals surface area contributed by atoms with E-state index in [0.717, 1.165) is 83.8 Å². The Balaban J connectivity index is 2.21. The molecule has 0 saturated carbocycles. The smallest absolute Gasteiger partial charge is 0.407 e. The van der Waals surface area contributed by atoms with Crippen molar-refractivity contribution in [3.8, 4) is 0 Å². The Morgan fingerprint density at radius 2 is 1.00 bits per heavy atom. The van der Waals surface area contributed by atoms with Crippen LogP contribution in [0.2, 0.25) is 0 Å². The summed E-state index contributed by atoms with van der Waals surface area (Å²) in [6, 6.07) is 0.0389. The number of hydrogen-bond donors (Lipinski definition) is 1. The summed E-state index contributed by atoms with van der Waals surface area (Å²) in [6.45, 7) is 8.85. The van der Waals surface area contributed by atoms with Gasteiger partial charge in [-0.1, -0.05) is 154 Å². The second-order valence-corrected chi connectivity index (χ2v) is 14.6. The highest BCUT2D eigenvalue weighted by molar-refractivity contribution is 5.70. The van der Waals surface area contributed by atoms with Crippen LogP contribution in [0.25, 0.3) is 0 Å². The fourth-order valence-electron chi connectivity index (χ4n) is 6.27. The van der Waals surface area contributed by atoms with Crippen LogP contribution >= 0.6 is 0 Å². The number of nitrogens with one attached hydrogen (secondary N) is 1. The molecule has 0 aromatic rings. The van der Waals surface area contributed by atoms with Gasteiger partial charge in [-0.2, -0.15) is 0 Å². The summed E-state index contributed by atoms with van der Waals surface area (Å²) in [5, 5.41) is 2.86. The van der Waals surface area contributed by atoms with Gasteiger partial charge in [0, 0.05) is 25.9 Å². The number of ether oxygens (including phenoxy) is 3. The maximum absolute atomic E-state index is 12.5. The van der Waals surface area contributed by atoms with E-state index in [1.54, 1.807) is 0 Å². The van der Waals surface area contributed by atoms with Crippen LogP contribution in [-0.4, -0.2) is 67.9 Å². The molecule has 8 nitrogen and oxygen atoms in total. The predicted molar refractivity (Wildman–Crippen MR) is 211 cm³/mol. The van der Waals surface area contributed by atoms with E-state index in [4.69, 9.17) is 14.2 Å². The minimum Gasteiger partial charge on any atom is -0.462 e. The van der Waals surface area contributed by atoms with Crippen molar-refractivity contribution in [3.63, 3.8) is 0 Å². The number of likely N-dealkylation sites (tertiary alicyclic amines) is 1. The van der Waals surface area contributed by atoms with E-state index in [1.807, 2.05) is 0 Å². The number of likely N-dealkylation sites (N-methyl/N-ethyl adjacent to an activating group) is 1. The molecule has 1 atom stereocenters. The Morgan fingerprint density at radius 3 is 1.47 bits per heavy atom. The third-order valence-electron chi connectivity index (χ3n) is 9.68. The molecule has 1 rings (SSSR count). The fourth-order valence-corrected chi connectivity index (χ4v) is 6.27. The van der Waals surface area contributed by atoms with E-state index in [1.165, 1.54) is 89.9 Å². The maximum Gasteiger partial charge on any atom is 0.407 e. The monoisotopic (exact) mass is 719 g/mol. The molecule has 1 saturated heterocycles. The first kappa shape index (κ1) is 46.7. The van der Waals surface area contributed by atoms with Crippen LogP contribution in [0.1, 0.15) is 188 Å². The second kappa shape index (κ2) is 34.7. The molecular weight excluding hydrogens is 640 g/mol. The van der Waals surface area contributed by atoms with Gasteiger partial charge in [0.25, 0.3) is 0 Å². The van der Waals surface area contributed by atoms with E-state index >= 15 is 0 Å². The Morgan fingerprint density at radius 1 is 0.588 bits per heavy atom. The first-order valence-electron chi connectivity index (χ1n) is 21.3. The van der Waals surface area contributed by atoms with Gasteiger partial charge >= 0.3 is 18.0 Å². The van der Waals surface area contributed by atoms with E-state index in [9.17, 15) is 14.4 Å². The van der Waals surface area contributed by atoms with Crippen LogP contribution in [0.4, 0.5) is 4.79 Å². The van der Waals surface area contributed by atoms with E-state index in [0.29, 0.717) is 12.8 Å². The molecule has 1 aliphatic rings. The van der Waals surface area contributed by atoms with Crippen molar-refractivity contribution in [2.75, 3.05) is 32.8 Å². The minimum absolute atomic E-state index is 0.0389. The zero-order valence-electron chi connectivity index (χ0n) is 33.3. The molecule has 1 N–H and O–H groups in total. The quantitative estimate of drug-likeness (QED) is 0.0302. The maximum atomic E-state index is 12.5. The molecule has 8 heteroatoms. The highest BCUT2D eigenvalue weighted by atomic mass is 16.6. The number of rotatable bonds is 35. The number of hydrogen-bond acceptors (Lipinski definition) is 7. The van der Waals surface area contributed by atoms with Gasteiger partial charge in [-0.3, -0.25) is 14.5 Å². The molecular formula is C43H78N2O6. The molecule has 0 spiro atoms. The van der Waals surface area contributed by atoms with E-state index in [2.05, 4.69) is 55.3 Å². The van der Waals surface area contributed by atoms with E-state index < -0.39 is 12.2 Å². The first-order valence-corrected chi connectivity index (χ1v) is 21.3. The zero-order valence-corrected chi connectivity index (χ0v) is 33.3. The van der Waals surface area contributed by atoms with Crippen molar-refractivity contribution in [1.82, 2.24) is 10.2 Å². The number of esters is 2. The lowest BCUT2D eigenvalue weighted by Crippen LogP contribution is -2.59. The summed E-state index contributed by atoms with van der Waals surface area (Å²) < 4.78 is 16.5. The number of unbranched alkanes of at least 4 members (excludes halogenated alkanes) is 20. The second-order valence-electron chi connectivity index (χ2n) is 14.6. The third kappa shape index (κ3) is 29.9. The molecule has 1 unspecified atom stereocenters. The van der Waals surface area contributed by atoms with Gasteiger partial charge in [0.1, 0.15) is 13.2 Å². The van der Waals surface area contributed by atoms with Crippen molar-refractivity contribution in [2.24, 2.45) is 0 Å². The third-order valence-corrected chi connectivity index (χ3v) is 9.68. The highest BCUT2D eigenvalue weighted by Crippen LogP contribution is 2.14. The number of nitrogens with zero attached hydrogens (tertiary/aromatic N) is 1. The summed E-state index contributed by atoms with van der Waals surface area (Å²) in [6.07, 6.45) is 36.9. The van der Waals surface area contributed by atoms with Crippen molar-refractivity contribution in [2.45, 2.75) is 200 Å². The Bertz CT molecular complexity index is 901. The SMILES string of the molecule is CCCCC/C=C\C/C=C\CCCCCCCC(=O)OCC(COC(=O)CCCCCCCCCCCCCCC)OC(=O)NC1CN(CC)C1. The molecule has 1 aliphatic heterocycles. The van der Waals surface area contributed by atoms with Crippen LogP contribution in [0, 0.1) is 0 Å². The van der Waals surface area contributed by atoms with Crippen molar-refractivity contribution < 1.29 is 28.6 Å². The van der Waals surface area contributed by atoms with Gasteiger partial charge in [0.2, 0.25) is 0 Å². The average Bonchev–Trinajstić information content (AvgIpc) is 3.11. The lowest BCUT2D eigenvalue weighted by Gasteiger charge is -2.38. The first-order chi connectivity index (χ1) is 25.0. The van der Waals surface area contributed by atoms with Crippen LogP contribution < -0.4 is 5.32 Å². The lowest BCUT2D eigenvalue weighted by molar-refractivity contribution is -0.152. The molecule has 296 valence electrons. The number of amides is 1. The molecule has 51 heavy (non-hydrogen) atoms. The van der Waals surface area contributed by atoms with Gasteiger partial charge in [0.15, 0.2) is 6.10 Å². The molecule has 0 aliphatic carbocycles. The molecule has 0 aromatic carbocycles. The predicted octanol–water partition coefficient (Wildman–Crippen LogP) is 11.2. The van der Waals surface area contributed by atoms with Crippen LogP contribution in [0.3, 0.4) is 0 Å². The fraction of sp³-hybridized carbons (Fsp3) is 0.837. The summed E-state index contributed by atoms with van der Waals surface area (Å²) in [7, 11) is 0. The summed E-state index contributed by atoms with van der Waals surface area (Å²) in [4.78, 5) is 39.7. The lowest BCUT2D eigenvalue weighted by atomic mass is 10.0.